The van der Waals surface area contributed by atoms with Gasteiger partial charge in [-0.25, -0.2) is 4.39 Å². The molecule has 2 nitrogen and oxygen atoms in total. The Hall–Kier alpha value is -1.25. The topological polar surface area (TPSA) is 29.4 Å². The molecule has 1 heterocycles. The van der Waals surface area contributed by atoms with Crippen LogP contribution in [-0.2, 0) is 4.79 Å². The molecule has 0 aromatic rings. The standard InChI is InChI=1S/C12H24O.C9H10FN.C2H6/c1-4-7-11(8-5-2)9-10-12(13)6-3;1-3-6-7-4-9(7,2)11-5-8(6)10;1-2/h11H,4-10H2,1-3H3;4-5H,3H2,1-2H3;1-2H3. The Bertz CT molecular complexity index is 512. The Morgan fingerprint density at radius 2 is 1.69 bits per heavy atom. The third-order valence-corrected chi connectivity index (χ3v) is 4.92. The lowest BCUT2D eigenvalue weighted by Crippen LogP contribution is -2.10. The Morgan fingerprint density at radius 3 is 2.12 bits per heavy atom. The summed E-state index contributed by atoms with van der Waals surface area (Å²) in [4.78, 5) is 15.2. The lowest BCUT2D eigenvalue weighted by molar-refractivity contribution is -0.119. The molecule has 1 aliphatic heterocycles. The Kier molecular flexibility index (Phi) is 12.4. The molecule has 1 atom stereocenters. The maximum Gasteiger partial charge on any atom is 0.144 e. The van der Waals surface area contributed by atoms with Gasteiger partial charge in [0.1, 0.15) is 17.1 Å². The number of dihydropyridines is 1. The Morgan fingerprint density at radius 1 is 1.12 bits per heavy atom. The van der Waals surface area contributed by atoms with Crippen molar-refractivity contribution in [3.8, 4) is 0 Å². The molecular weight excluding hydrogens is 325 g/mol. The summed E-state index contributed by atoms with van der Waals surface area (Å²) in [7, 11) is 0. The molecule has 0 bridgehead atoms. The van der Waals surface area contributed by atoms with E-state index in [9.17, 15) is 9.18 Å². The fraction of sp³-hybridized carbons (Fsp3) is 0.739. The van der Waals surface area contributed by atoms with E-state index in [2.05, 4.69) is 18.8 Å². The van der Waals surface area contributed by atoms with Gasteiger partial charge in [-0.05, 0) is 42.9 Å². The highest BCUT2D eigenvalue weighted by Gasteiger charge is 2.43. The van der Waals surface area contributed by atoms with Crippen molar-refractivity contribution in [2.24, 2.45) is 10.9 Å². The molecule has 1 unspecified atom stereocenters. The summed E-state index contributed by atoms with van der Waals surface area (Å²) in [6, 6.07) is 0. The summed E-state index contributed by atoms with van der Waals surface area (Å²) in [5.41, 5.74) is 1.78. The molecule has 0 saturated carbocycles. The average molecular weight is 366 g/mol. The molecule has 150 valence electrons. The molecule has 0 spiro atoms. The van der Waals surface area contributed by atoms with Gasteiger partial charge >= 0.3 is 0 Å². The molecule has 0 amide bonds. The van der Waals surface area contributed by atoms with Crippen LogP contribution in [0.3, 0.4) is 0 Å². The highest BCUT2D eigenvalue weighted by atomic mass is 19.1. The smallest absolute Gasteiger partial charge is 0.144 e. The van der Waals surface area contributed by atoms with E-state index < -0.39 is 0 Å². The number of carbonyl (C=O) groups is 1. The number of hydrogen-bond donors (Lipinski definition) is 0. The second-order valence-electron chi connectivity index (χ2n) is 7.02. The van der Waals surface area contributed by atoms with Crippen molar-refractivity contribution in [2.75, 3.05) is 0 Å². The van der Waals surface area contributed by atoms with Crippen LogP contribution >= 0.6 is 0 Å². The summed E-state index contributed by atoms with van der Waals surface area (Å²) < 4.78 is 13.0. The largest absolute Gasteiger partial charge is 0.300 e. The Balaban J connectivity index is 0.000000441. The van der Waals surface area contributed by atoms with Crippen LogP contribution in [-0.4, -0.2) is 17.5 Å². The first-order valence-corrected chi connectivity index (χ1v) is 10.6. The van der Waals surface area contributed by atoms with Crippen LogP contribution in [0.5, 0.6) is 0 Å². The molecule has 0 fully saturated rings. The van der Waals surface area contributed by atoms with E-state index in [-0.39, 0.29) is 11.4 Å². The molecule has 0 aromatic carbocycles. The fourth-order valence-corrected chi connectivity index (χ4v) is 3.29. The number of aliphatic imine (C=N–C) groups is 1. The van der Waals surface area contributed by atoms with Gasteiger partial charge in [-0.15, -0.1) is 0 Å². The molecule has 3 heteroatoms. The monoisotopic (exact) mass is 365 g/mol. The number of nitrogens with zero attached hydrogens (tertiary/aromatic N) is 1. The van der Waals surface area contributed by atoms with E-state index in [0.29, 0.717) is 12.2 Å². The molecule has 26 heavy (non-hydrogen) atoms. The highest BCUT2D eigenvalue weighted by Crippen LogP contribution is 2.47. The van der Waals surface area contributed by atoms with Gasteiger partial charge in [-0.2, -0.15) is 0 Å². The SMILES string of the molecule is CC.CCC1=C(F)C=NC2(C)C=C12.CCCC(CCC)CCC(=O)CC. The second-order valence-corrected chi connectivity index (χ2v) is 7.02. The summed E-state index contributed by atoms with van der Waals surface area (Å²) >= 11 is 0. The molecule has 0 aromatic heterocycles. The van der Waals surface area contributed by atoms with E-state index in [1.54, 1.807) is 0 Å². The number of allylic oxidation sites excluding steroid dienone is 1. The molecular formula is C23H40FNO. The minimum atomic E-state index is -0.159. The van der Waals surface area contributed by atoms with Crippen LogP contribution in [0.4, 0.5) is 4.39 Å². The number of ketones is 1. The van der Waals surface area contributed by atoms with Crippen molar-refractivity contribution >= 4 is 12.0 Å². The normalized spacial score (nSPS) is 19.8. The molecule has 0 radical (unpaired) electrons. The van der Waals surface area contributed by atoms with Gasteiger partial charge < -0.3 is 0 Å². The summed E-state index contributed by atoms with van der Waals surface area (Å²) in [5, 5.41) is 0. The predicted molar refractivity (Wildman–Crippen MR) is 113 cm³/mol. The fourth-order valence-electron chi connectivity index (χ4n) is 3.29. The first-order chi connectivity index (χ1) is 12.4. The van der Waals surface area contributed by atoms with E-state index in [1.165, 1.54) is 31.9 Å². The first-order valence-electron chi connectivity index (χ1n) is 10.6. The van der Waals surface area contributed by atoms with Crippen molar-refractivity contribution in [1.82, 2.24) is 0 Å². The zero-order valence-corrected chi connectivity index (χ0v) is 18.1. The molecule has 2 rings (SSSR count). The maximum absolute atomic E-state index is 13.0. The van der Waals surface area contributed by atoms with Crippen LogP contribution < -0.4 is 0 Å². The summed E-state index contributed by atoms with van der Waals surface area (Å²) in [5.74, 6) is 1.07. The van der Waals surface area contributed by atoms with Crippen molar-refractivity contribution in [3.05, 3.63) is 23.0 Å². The number of carbonyl (C=O) groups excluding carboxylic acids is 1. The van der Waals surface area contributed by atoms with Gasteiger partial charge in [0.2, 0.25) is 0 Å². The predicted octanol–water partition coefficient (Wildman–Crippen LogP) is 7.39. The zero-order valence-electron chi connectivity index (χ0n) is 18.1. The van der Waals surface area contributed by atoms with E-state index in [1.807, 2.05) is 40.7 Å². The minimum Gasteiger partial charge on any atom is -0.300 e. The molecule has 2 aliphatic rings. The van der Waals surface area contributed by atoms with Crippen molar-refractivity contribution < 1.29 is 9.18 Å². The first kappa shape index (κ1) is 24.8. The van der Waals surface area contributed by atoms with Gasteiger partial charge in [0, 0.05) is 12.8 Å². The van der Waals surface area contributed by atoms with Crippen LogP contribution in [0.25, 0.3) is 0 Å². The van der Waals surface area contributed by atoms with Crippen molar-refractivity contribution in [2.45, 2.75) is 105 Å². The Labute approximate surface area is 161 Å². The highest BCUT2D eigenvalue weighted by molar-refractivity contribution is 5.85. The van der Waals surface area contributed by atoms with Gasteiger partial charge in [0.15, 0.2) is 0 Å². The summed E-state index contributed by atoms with van der Waals surface area (Å²) in [6.07, 6.45) is 11.9. The summed E-state index contributed by atoms with van der Waals surface area (Å²) in [6.45, 7) is 14.4. The number of Topliss-reactive ketones (excluding diaryl/α,β-unsaturated/α-hetero) is 1. The molecule has 0 saturated heterocycles. The van der Waals surface area contributed by atoms with Gasteiger partial charge in [0.25, 0.3) is 0 Å². The lowest BCUT2D eigenvalue weighted by atomic mass is 9.92. The van der Waals surface area contributed by atoms with Crippen LogP contribution in [0.2, 0.25) is 0 Å². The van der Waals surface area contributed by atoms with E-state index in [4.69, 9.17) is 0 Å². The van der Waals surface area contributed by atoms with E-state index in [0.717, 1.165) is 36.3 Å². The van der Waals surface area contributed by atoms with Crippen LogP contribution in [0.15, 0.2) is 28.0 Å². The number of rotatable bonds is 9. The minimum absolute atomic E-state index is 0.138. The van der Waals surface area contributed by atoms with Crippen LogP contribution in [0, 0.1) is 5.92 Å². The maximum atomic E-state index is 13.0. The van der Waals surface area contributed by atoms with Crippen molar-refractivity contribution in [3.63, 3.8) is 0 Å². The third-order valence-electron chi connectivity index (χ3n) is 4.92. The number of halogens is 1. The van der Waals surface area contributed by atoms with E-state index >= 15 is 0 Å². The van der Waals surface area contributed by atoms with Crippen LogP contribution in [0.1, 0.15) is 99.8 Å². The average Bonchev–Trinajstić information content (AvgIpc) is 3.34. The second kappa shape index (κ2) is 13.0. The molecule has 1 aliphatic carbocycles. The van der Waals surface area contributed by atoms with Gasteiger partial charge in [0.05, 0.1) is 6.21 Å². The number of fused-ring (bicyclic) bond motifs is 1. The van der Waals surface area contributed by atoms with Gasteiger partial charge in [-0.3, -0.25) is 9.79 Å². The number of hydrogen-bond acceptors (Lipinski definition) is 2. The molecule has 0 N–H and O–H groups in total. The lowest BCUT2D eigenvalue weighted by Gasteiger charge is -2.13. The quantitative estimate of drug-likeness (QED) is 0.419. The van der Waals surface area contributed by atoms with Crippen molar-refractivity contribution in [1.29, 1.82) is 0 Å². The third kappa shape index (κ3) is 7.97. The van der Waals surface area contributed by atoms with Gasteiger partial charge in [-0.1, -0.05) is 67.2 Å². The zero-order chi connectivity index (χ0) is 20.2.